The topological polar surface area (TPSA) is 91.0 Å². The van der Waals surface area contributed by atoms with Crippen molar-refractivity contribution in [3.05, 3.63) is 71.1 Å². The van der Waals surface area contributed by atoms with Crippen LogP contribution in [-0.4, -0.2) is 59.0 Å². The highest BCUT2D eigenvalue weighted by Crippen LogP contribution is 2.28. The van der Waals surface area contributed by atoms with Crippen LogP contribution >= 0.6 is 11.3 Å². The van der Waals surface area contributed by atoms with Crippen LogP contribution in [0.3, 0.4) is 0 Å². The molecule has 36 heavy (non-hydrogen) atoms. The monoisotopic (exact) mass is 528 g/mol. The Bertz CT molecular complexity index is 1300. The van der Waals surface area contributed by atoms with Crippen LogP contribution < -0.4 is 20.3 Å². The van der Waals surface area contributed by atoms with Crippen LogP contribution in [0.1, 0.15) is 28.1 Å². The number of nitrogens with one attached hydrogen (secondary N) is 2. The number of nitrogens with zero attached hydrogens (tertiary/aromatic N) is 2. The molecule has 3 aromatic rings. The van der Waals surface area contributed by atoms with E-state index in [9.17, 15) is 13.2 Å². The van der Waals surface area contributed by atoms with Crippen LogP contribution in [0.2, 0.25) is 0 Å². The smallest absolute Gasteiger partial charge is 0.252 e. The van der Waals surface area contributed by atoms with E-state index in [1.165, 1.54) is 11.3 Å². The number of carbonyl (C=O) groups excluding carboxylic acids is 1. The molecule has 1 aromatic heterocycles. The van der Waals surface area contributed by atoms with Crippen LogP contribution in [0.25, 0.3) is 0 Å². The van der Waals surface area contributed by atoms with Gasteiger partial charge in [-0.15, -0.1) is 11.3 Å². The number of sulfonamides is 1. The first-order valence-corrected chi connectivity index (χ1v) is 14.1. The first kappa shape index (κ1) is 26.0. The van der Waals surface area contributed by atoms with E-state index >= 15 is 0 Å². The summed E-state index contributed by atoms with van der Waals surface area (Å²) >= 11 is 1.20. The first-order chi connectivity index (χ1) is 17.3. The number of rotatable bonds is 9. The molecule has 0 aliphatic carbocycles. The van der Waals surface area contributed by atoms with Gasteiger partial charge in [0.15, 0.2) is 0 Å². The summed E-state index contributed by atoms with van der Waals surface area (Å²) < 4.78 is 33.5. The molecule has 1 fully saturated rings. The molecule has 2 aromatic carbocycles. The number of carbonyl (C=O) groups is 1. The number of hydrogen-bond acceptors (Lipinski definition) is 7. The Morgan fingerprint density at radius 1 is 1.08 bits per heavy atom. The third kappa shape index (κ3) is 6.18. The Kier molecular flexibility index (Phi) is 8.17. The van der Waals surface area contributed by atoms with Crippen molar-refractivity contribution in [1.29, 1.82) is 0 Å². The average molecular weight is 529 g/mol. The van der Waals surface area contributed by atoms with Gasteiger partial charge in [0.2, 0.25) is 0 Å². The molecule has 2 N–H and O–H groups in total. The third-order valence-electron chi connectivity index (χ3n) is 6.17. The molecule has 4 rings (SSSR count). The average Bonchev–Trinajstić information content (AvgIpc) is 3.38. The molecule has 0 radical (unpaired) electrons. The molecule has 1 saturated heterocycles. The molecular formula is C26H32N4O4S2. The summed E-state index contributed by atoms with van der Waals surface area (Å²) in [6.45, 7) is 1.19. The van der Waals surface area contributed by atoms with Gasteiger partial charge >= 0.3 is 0 Å². The minimum Gasteiger partial charge on any atom is -0.497 e. The van der Waals surface area contributed by atoms with E-state index < -0.39 is 10.0 Å². The molecule has 10 heteroatoms. The normalized spacial score (nSPS) is 14.9. The molecule has 0 saturated carbocycles. The Morgan fingerprint density at radius 2 is 1.83 bits per heavy atom. The predicted molar refractivity (Wildman–Crippen MR) is 145 cm³/mol. The van der Waals surface area contributed by atoms with Gasteiger partial charge in [-0.1, -0.05) is 12.1 Å². The number of anilines is 2. The van der Waals surface area contributed by atoms with Crippen molar-refractivity contribution >= 4 is 38.6 Å². The quantitative estimate of drug-likeness (QED) is 0.436. The maximum atomic E-state index is 13.2. The maximum absolute atomic E-state index is 13.2. The van der Waals surface area contributed by atoms with Crippen LogP contribution in [0.5, 0.6) is 5.75 Å². The summed E-state index contributed by atoms with van der Waals surface area (Å²) in [4.78, 5) is 15.3. The molecule has 192 valence electrons. The van der Waals surface area contributed by atoms with Gasteiger partial charge in [0.05, 0.1) is 13.7 Å². The Balaban J connectivity index is 1.31. The van der Waals surface area contributed by atoms with E-state index in [0.717, 1.165) is 29.1 Å². The second-order valence-corrected chi connectivity index (χ2v) is 12.2. The standard InChI is InChI=1S/C26H32N4O4S2/c1-29(2)22-8-5-7-21(17-22)28-20-12-14-30(15-13-20)36(32,33)25-11-10-24(35-25)18-27-26(31)19-6-4-9-23(16-19)34-3/h4-11,16-17,20,28H,12-15,18H2,1-3H3,(H,27,31). The van der Waals surface area contributed by atoms with E-state index in [-0.39, 0.29) is 18.5 Å². The van der Waals surface area contributed by atoms with Crippen molar-refractivity contribution in [2.75, 3.05) is 44.5 Å². The third-order valence-corrected chi connectivity index (χ3v) is 9.62. The van der Waals surface area contributed by atoms with E-state index in [1.807, 2.05) is 26.2 Å². The number of ether oxygens (including phenoxy) is 1. The zero-order chi connectivity index (χ0) is 25.7. The van der Waals surface area contributed by atoms with Crippen molar-refractivity contribution in [1.82, 2.24) is 9.62 Å². The summed E-state index contributed by atoms with van der Waals surface area (Å²) in [6.07, 6.45) is 1.47. The highest BCUT2D eigenvalue weighted by Gasteiger charge is 2.30. The number of hydrogen-bond donors (Lipinski definition) is 2. The SMILES string of the molecule is COc1cccc(C(=O)NCc2ccc(S(=O)(=O)N3CCC(Nc4cccc(N(C)C)c4)CC3)s2)c1. The predicted octanol–water partition coefficient (Wildman–Crippen LogP) is 4.02. The number of amides is 1. The molecule has 0 spiro atoms. The summed E-state index contributed by atoms with van der Waals surface area (Å²) in [5.41, 5.74) is 2.65. The van der Waals surface area contributed by atoms with Gasteiger partial charge in [-0.05, 0) is 61.4 Å². The van der Waals surface area contributed by atoms with Crippen molar-refractivity contribution < 1.29 is 17.9 Å². The minimum absolute atomic E-state index is 0.222. The molecule has 1 aliphatic rings. The molecule has 8 nitrogen and oxygen atoms in total. The zero-order valence-electron chi connectivity index (χ0n) is 20.7. The summed E-state index contributed by atoms with van der Waals surface area (Å²) in [5.74, 6) is 0.366. The molecule has 1 amide bonds. The van der Waals surface area contributed by atoms with Crippen LogP contribution in [-0.2, 0) is 16.6 Å². The summed E-state index contributed by atoms with van der Waals surface area (Å²) in [7, 11) is 2.00. The molecule has 0 atom stereocenters. The fraction of sp³-hybridized carbons (Fsp3) is 0.346. The highest BCUT2D eigenvalue weighted by molar-refractivity contribution is 7.91. The van der Waals surface area contributed by atoms with Crippen LogP contribution in [0.4, 0.5) is 11.4 Å². The highest BCUT2D eigenvalue weighted by atomic mass is 32.2. The number of methoxy groups -OCH3 is 1. The van der Waals surface area contributed by atoms with Gasteiger partial charge in [0.25, 0.3) is 15.9 Å². The maximum Gasteiger partial charge on any atom is 0.252 e. The summed E-state index contributed by atoms with van der Waals surface area (Å²) in [6, 6.07) is 18.7. The molecule has 0 bridgehead atoms. The van der Waals surface area contributed by atoms with Gasteiger partial charge < -0.3 is 20.3 Å². The minimum atomic E-state index is -3.57. The molecular weight excluding hydrogens is 496 g/mol. The van der Waals surface area contributed by atoms with E-state index in [2.05, 4.69) is 27.7 Å². The number of piperidine rings is 1. The number of thiophene rings is 1. The molecule has 2 heterocycles. The fourth-order valence-electron chi connectivity index (χ4n) is 4.10. The Labute approximate surface area is 216 Å². The van der Waals surface area contributed by atoms with Gasteiger partial charge in [0, 0.05) is 55.0 Å². The molecule has 0 unspecified atom stereocenters. The first-order valence-electron chi connectivity index (χ1n) is 11.8. The van der Waals surface area contributed by atoms with Crippen LogP contribution in [0, 0.1) is 0 Å². The Morgan fingerprint density at radius 3 is 2.56 bits per heavy atom. The van der Waals surface area contributed by atoms with Gasteiger partial charge in [-0.2, -0.15) is 4.31 Å². The number of benzene rings is 2. The lowest BCUT2D eigenvalue weighted by Crippen LogP contribution is -2.42. The fourth-order valence-corrected chi connectivity index (χ4v) is 7.02. The zero-order valence-corrected chi connectivity index (χ0v) is 22.4. The second-order valence-electron chi connectivity index (χ2n) is 8.90. The van der Waals surface area contributed by atoms with Gasteiger partial charge in [-0.3, -0.25) is 4.79 Å². The van der Waals surface area contributed by atoms with Crippen molar-refractivity contribution in [2.24, 2.45) is 0 Å². The Hall–Kier alpha value is -3.08. The van der Waals surface area contributed by atoms with Crippen molar-refractivity contribution in [2.45, 2.75) is 29.6 Å². The molecule has 1 aliphatic heterocycles. The van der Waals surface area contributed by atoms with Crippen molar-refractivity contribution in [3.8, 4) is 5.75 Å². The van der Waals surface area contributed by atoms with E-state index in [0.29, 0.717) is 28.6 Å². The second kappa shape index (κ2) is 11.3. The lowest BCUT2D eigenvalue weighted by Gasteiger charge is -2.32. The van der Waals surface area contributed by atoms with Crippen molar-refractivity contribution in [3.63, 3.8) is 0 Å². The van der Waals surface area contributed by atoms with Gasteiger partial charge in [-0.25, -0.2) is 8.42 Å². The van der Waals surface area contributed by atoms with Crippen LogP contribution in [0.15, 0.2) is 64.9 Å². The van der Waals surface area contributed by atoms with E-state index in [4.69, 9.17) is 4.74 Å². The van der Waals surface area contributed by atoms with Gasteiger partial charge in [0.1, 0.15) is 9.96 Å². The largest absolute Gasteiger partial charge is 0.497 e. The lowest BCUT2D eigenvalue weighted by molar-refractivity contribution is 0.0951. The lowest BCUT2D eigenvalue weighted by atomic mass is 10.1. The summed E-state index contributed by atoms with van der Waals surface area (Å²) in [5, 5.41) is 6.39. The van der Waals surface area contributed by atoms with E-state index in [1.54, 1.807) is 47.8 Å².